The molecule has 0 radical (unpaired) electrons. The molecule has 0 amide bonds. The SMILES string of the molecule is CC(C)CONC1CCC1C(=O)O. The molecule has 4 nitrogen and oxygen atoms in total. The maximum atomic E-state index is 10.6. The summed E-state index contributed by atoms with van der Waals surface area (Å²) in [6.45, 7) is 4.73. The molecule has 0 spiro atoms. The quantitative estimate of drug-likeness (QED) is 0.631. The third kappa shape index (κ3) is 2.97. The van der Waals surface area contributed by atoms with E-state index in [2.05, 4.69) is 19.3 Å². The van der Waals surface area contributed by atoms with Gasteiger partial charge in [-0.25, -0.2) is 0 Å². The maximum absolute atomic E-state index is 10.6. The Hall–Kier alpha value is -0.610. The first kappa shape index (κ1) is 10.5. The van der Waals surface area contributed by atoms with Gasteiger partial charge in [0.15, 0.2) is 0 Å². The molecule has 0 bridgehead atoms. The molecule has 1 rings (SSSR count). The molecule has 0 aromatic heterocycles. The fourth-order valence-corrected chi connectivity index (χ4v) is 1.26. The molecule has 2 N–H and O–H groups in total. The minimum absolute atomic E-state index is 0.0104. The van der Waals surface area contributed by atoms with Crippen molar-refractivity contribution in [2.45, 2.75) is 32.7 Å². The fourth-order valence-electron chi connectivity index (χ4n) is 1.26. The number of hydrogen-bond acceptors (Lipinski definition) is 3. The second kappa shape index (κ2) is 4.58. The van der Waals surface area contributed by atoms with Crippen LogP contribution in [-0.4, -0.2) is 23.7 Å². The molecule has 1 saturated carbocycles. The van der Waals surface area contributed by atoms with Crippen molar-refractivity contribution in [1.29, 1.82) is 0 Å². The molecule has 13 heavy (non-hydrogen) atoms. The highest BCUT2D eigenvalue weighted by atomic mass is 16.6. The van der Waals surface area contributed by atoms with E-state index in [0.717, 1.165) is 12.8 Å². The van der Waals surface area contributed by atoms with E-state index in [1.165, 1.54) is 0 Å². The Morgan fingerprint density at radius 1 is 1.62 bits per heavy atom. The van der Waals surface area contributed by atoms with E-state index in [4.69, 9.17) is 9.94 Å². The number of hydroxylamine groups is 1. The van der Waals surface area contributed by atoms with Gasteiger partial charge in [-0.05, 0) is 18.8 Å². The molecular formula is C9H17NO3. The average Bonchev–Trinajstić information content (AvgIpc) is 1.93. The number of aliphatic carboxylic acids is 1. The van der Waals surface area contributed by atoms with E-state index < -0.39 is 5.97 Å². The average molecular weight is 187 g/mol. The van der Waals surface area contributed by atoms with Crippen LogP contribution >= 0.6 is 0 Å². The first-order chi connectivity index (χ1) is 6.11. The second-order valence-corrected chi connectivity index (χ2v) is 3.95. The first-order valence-electron chi connectivity index (χ1n) is 4.71. The monoisotopic (exact) mass is 187 g/mol. The van der Waals surface area contributed by atoms with E-state index >= 15 is 0 Å². The summed E-state index contributed by atoms with van der Waals surface area (Å²) in [5, 5.41) is 8.72. The van der Waals surface area contributed by atoms with Gasteiger partial charge in [-0.1, -0.05) is 13.8 Å². The highest BCUT2D eigenvalue weighted by Crippen LogP contribution is 2.27. The molecule has 0 aromatic rings. The lowest BCUT2D eigenvalue weighted by Crippen LogP contribution is -2.47. The van der Waals surface area contributed by atoms with Crippen LogP contribution in [0, 0.1) is 11.8 Å². The molecule has 4 heteroatoms. The molecule has 1 aliphatic carbocycles. The van der Waals surface area contributed by atoms with Gasteiger partial charge in [0.2, 0.25) is 0 Å². The van der Waals surface area contributed by atoms with Crippen LogP contribution < -0.4 is 5.48 Å². The van der Waals surface area contributed by atoms with Crippen LogP contribution in [0.1, 0.15) is 26.7 Å². The van der Waals surface area contributed by atoms with Crippen LogP contribution in [0.3, 0.4) is 0 Å². The van der Waals surface area contributed by atoms with Gasteiger partial charge in [-0.2, -0.15) is 5.48 Å². The summed E-state index contributed by atoms with van der Waals surface area (Å²) in [6.07, 6.45) is 1.66. The predicted octanol–water partition coefficient (Wildman–Crippen LogP) is 1.03. The van der Waals surface area contributed by atoms with Crippen molar-refractivity contribution in [1.82, 2.24) is 5.48 Å². The number of nitrogens with one attached hydrogen (secondary N) is 1. The van der Waals surface area contributed by atoms with Crippen molar-refractivity contribution < 1.29 is 14.7 Å². The molecule has 76 valence electrons. The number of carboxylic acids is 1. The third-order valence-corrected chi connectivity index (χ3v) is 2.24. The summed E-state index contributed by atoms with van der Waals surface area (Å²) in [5.74, 6) is -0.514. The van der Waals surface area contributed by atoms with Crippen molar-refractivity contribution in [3.05, 3.63) is 0 Å². The Kier molecular flexibility index (Phi) is 3.69. The van der Waals surface area contributed by atoms with Gasteiger partial charge in [0.1, 0.15) is 0 Å². The van der Waals surface area contributed by atoms with Gasteiger partial charge in [0.05, 0.1) is 12.5 Å². The van der Waals surface area contributed by atoms with Crippen molar-refractivity contribution in [2.75, 3.05) is 6.61 Å². The normalized spacial score (nSPS) is 27.3. The zero-order chi connectivity index (χ0) is 9.84. The lowest BCUT2D eigenvalue weighted by molar-refractivity contribution is -0.149. The number of carboxylic acid groups (broad SMARTS) is 1. The topological polar surface area (TPSA) is 58.6 Å². The maximum Gasteiger partial charge on any atom is 0.308 e. The summed E-state index contributed by atoms with van der Waals surface area (Å²) >= 11 is 0. The summed E-state index contributed by atoms with van der Waals surface area (Å²) in [5.41, 5.74) is 2.80. The van der Waals surface area contributed by atoms with Gasteiger partial charge in [-0.3, -0.25) is 4.79 Å². The number of carbonyl (C=O) groups is 1. The predicted molar refractivity (Wildman–Crippen MR) is 48.1 cm³/mol. The zero-order valence-corrected chi connectivity index (χ0v) is 8.12. The number of rotatable bonds is 5. The van der Waals surface area contributed by atoms with Crippen LogP contribution in [-0.2, 0) is 9.63 Å². The van der Waals surface area contributed by atoms with Gasteiger partial charge >= 0.3 is 5.97 Å². The van der Waals surface area contributed by atoms with E-state index in [-0.39, 0.29) is 12.0 Å². The Labute approximate surface area is 78.2 Å². The van der Waals surface area contributed by atoms with E-state index in [1.54, 1.807) is 0 Å². The fraction of sp³-hybridized carbons (Fsp3) is 0.889. The summed E-state index contributed by atoms with van der Waals surface area (Å²) < 4.78 is 0. The lowest BCUT2D eigenvalue weighted by Gasteiger charge is -2.33. The molecule has 0 heterocycles. The van der Waals surface area contributed by atoms with Gasteiger partial charge in [-0.15, -0.1) is 0 Å². The van der Waals surface area contributed by atoms with Crippen LogP contribution in [0.4, 0.5) is 0 Å². The smallest absolute Gasteiger partial charge is 0.308 e. The minimum atomic E-state index is -0.725. The molecule has 2 unspecified atom stereocenters. The van der Waals surface area contributed by atoms with Crippen molar-refractivity contribution >= 4 is 5.97 Å². The Morgan fingerprint density at radius 2 is 2.31 bits per heavy atom. The third-order valence-electron chi connectivity index (χ3n) is 2.24. The minimum Gasteiger partial charge on any atom is -0.481 e. The van der Waals surface area contributed by atoms with Crippen molar-refractivity contribution in [2.24, 2.45) is 11.8 Å². The van der Waals surface area contributed by atoms with Gasteiger partial charge < -0.3 is 9.94 Å². The molecule has 0 saturated heterocycles. The number of hydrogen-bond donors (Lipinski definition) is 2. The molecular weight excluding hydrogens is 170 g/mol. The highest BCUT2D eigenvalue weighted by Gasteiger charge is 2.36. The van der Waals surface area contributed by atoms with E-state index in [9.17, 15) is 4.79 Å². The van der Waals surface area contributed by atoms with E-state index in [1.807, 2.05) is 0 Å². The zero-order valence-electron chi connectivity index (χ0n) is 8.12. The van der Waals surface area contributed by atoms with E-state index in [0.29, 0.717) is 12.5 Å². The van der Waals surface area contributed by atoms with Gasteiger partial charge in [0.25, 0.3) is 0 Å². The first-order valence-corrected chi connectivity index (χ1v) is 4.71. The molecule has 0 aromatic carbocycles. The molecule has 1 fully saturated rings. The van der Waals surface area contributed by atoms with Crippen LogP contribution in [0.2, 0.25) is 0 Å². The van der Waals surface area contributed by atoms with Crippen molar-refractivity contribution in [3.63, 3.8) is 0 Å². The largest absolute Gasteiger partial charge is 0.481 e. The lowest BCUT2D eigenvalue weighted by atomic mass is 9.80. The van der Waals surface area contributed by atoms with Crippen LogP contribution in [0.15, 0.2) is 0 Å². The van der Waals surface area contributed by atoms with Gasteiger partial charge in [0, 0.05) is 6.04 Å². The molecule has 0 aliphatic heterocycles. The summed E-state index contributed by atoms with van der Waals surface area (Å²) in [7, 11) is 0. The Bertz CT molecular complexity index is 182. The standard InChI is InChI=1S/C9H17NO3/c1-6(2)5-13-10-8-4-3-7(8)9(11)12/h6-8,10H,3-5H2,1-2H3,(H,11,12). The molecule has 2 atom stereocenters. The van der Waals surface area contributed by atoms with Crippen LogP contribution in [0.25, 0.3) is 0 Å². The van der Waals surface area contributed by atoms with Crippen LogP contribution in [0.5, 0.6) is 0 Å². The Morgan fingerprint density at radius 3 is 2.69 bits per heavy atom. The Balaban J connectivity index is 2.12. The second-order valence-electron chi connectivity index (χ2n) is 3.95. The summed E-state index contributed by atoms with van der Waals surface area (Å²) in [6, 6.07) is 0.0104. The van der Waals surface area contributed by atoms with Crippen molar-refractivity contribution in [3.8, 4) is 0 Å². The summed E-state index contributed by atoms with van der Waals surface area (Å²) in [4.78, 5) is 15.8. The molecule has 1 aliphatic rings. The highest BCUT2D eigenvalue weighted by molar-refractivity contribution is 5.72.